The van der Waals surface area contributed by atoms with Crippen molar-refractivity contribution in [3.8, 4) is 11.3 Å². The highest BCUT2D eigenvalue weighted by Gasteiger charge is 2.29. The molecule has 1 saturated carbocycles. The lowest BCUT2D eigenvalue weighted by Gasteiger charge is -2.10. The predicted molar refractivity (Wildman–Crippen MR) is 144 cm³/mol. The van der Waals surface area contributed by atoms with Crippen molar-refractivity contribution in [3.05, 3.63) is 60.8 Å². The Bertz CT molecular complexity index is 1470. The molecule has 0 saturated heterocycles. The molecule has 0 radical (unpaired) electrons. The Balaban J connectivity index is 0.00000130. The zero-order valence-electron chi connectivity index (χ0n) is 20.1. The summed E-state index contributed by atoms with van der Waals surface area (Å²) in [6, 6.07) is 9.81. The average molecular weight is 519 g/mol. The van der Waals surface area contributed by atoms with Gasteiger partial charge in [-0.3, -0.25) is 14.3 Å². The number of fused-ring (bicyclic) bond motifs is 1. The van der Waals surface area contributed by atoms with E-state index in [2.05, 4.69) is 30.2 Å². The van der Waals surface area contributed by atoms with Gasteiger partial charge >= 0.3 is 0 Å². The molecule has 3 N–H and O–H groups in total. The van der Waals surface area contributed by atoms with E-state index in [0.717, 1.165) is 50.4 Å². The third-order valence-electron chi connectivity index (χ3n) is 5.43. The number of imidazole rings is 1. The van der Waals surface area contributed by atoms with E-state index >= 15 is 0 Å². The van der Waals surface area contributed by atoms with Crippen LogP contribution >= 0.6 is 23.3 Å². The van der Waals surface area contributed by atoms with Gasteiger partial charge in [0.2, 0.25) is 5.91 Å². The van der Waals surface area contributed by atoms with E-state index in [-0.39, 0.29) is 11.8 Å². The fraction of sp³-hybridized carbons (Fsp3) is 0.240. The van der Waals surface area contributed by atoms with Crippen molar-refractivity contribution in [2.24, 2.45) is 5.92 Å². The Labute approximate surface area is 216 Å². The van der Waals surface area contributed by atoms with Crippen LogP contribution in [0.4, 0.5) is 16.5 Å². The Hall–Kier alpha value is -3.70. The van der Waals surface area contributed by atoms with Crippen molar-refractivity contribution in [2.45, 2.75) is 43.5 Å². The number of benzene rings is 1. The fourth-order valence-electron chi connectivity index (χ4n) is 3.56. The van der Waals surface area contributed by atoms with Gasteiger partial charge in [0.05, 0.1) is 23.8 Å². The third kappa shape index (κ3) is 5.26. The van der Waals surface area contributed by atoms with Crippen molar-refractivity contribution in [1.29, 1.82) is 0 Å². The van der Waals surface area contributed by atoms with Crippen LogP contribution in [0.5, 0.6) is 0 Å². The molecule has 1 fully saturated rings. The Morgan fingerprint density at radius 2 is 2.00 bits per heavy atom. The first-order valence-electron chi connectivity index (χ1n) is 11.8. The third-order valence-corrected chi connectivity index (χ3v) is 7.14. The van der Waals surface area contributed by atoms with Gasteiger partial charge in [0.1, 0.15) is 10.0 Å². The van der Waals surface area contributed by atoms with E-state index < -0.39 is 0 Å². The van der Waals surface area contributed by atoms with Gasteiger partial charge in [-0.2, -0.15) is 9.47 Å². The molecule has 1 aromatic carbocycles. The quantitative estimate of drug-likeness (QED) is 0.237. The lowest BCUT2D eigenvalue weighted by molar-refractivity contribution is -0.117. The van der Waals surface area contributed by atoms with E-state index in [1.165, 1.54) is 23.3 Å². The molecule has 0 atom stereocenters. The van der Waals surface area contributed by atoms with Gasteiger partial charge in [-0.1, -0.05) is 25.6 Å². The second-order valence-electron chi connectivity index (χ2n) is 8.10. The first-order valence-corrected chi connectivity index (χ1v) is 13.4. The maximum Gasteiger partial charge on any atom is 0.227 e. The SMILES string of the molecule is CC.Cc1cc(Nc2nc(Sc3ccc(NC(=O)C4CC4)cc3)cn3c(-c4cn[nH]c4)cnc23)sn1. The minimum absolute atomic E-state index is 0.105. The van der Waals surface area contributed by atoms with Crippen LogP contribution in [0.15, 0.2) is 65.0 Å². The number of aryl methyl sites for hydroxylation is 1. The van der Waals surface area contributed by atoms with Gasteiger partial charge in [-0.25, -0.2) is 9.97 Å². The molecule has 6 rings (SSSR count). The van der Waals surface area contributed by atoms with Crippen LogP contribution in [0.1, 0.15) is 32.4 Å². The van der Waals surface area contributed by atoms with Crippen LogP contribution in [-0.2, 0) is 4.79 Å². The fourth-order valence-corrected chi connectivity index (χ4v) is 5.03. The number of carbonyl (C=O) groups is 1. The summed E-state index contributed by atoms with van der Waals surface area (Å²) in [4.78, 5) is 22.5. The zero-order chi connectivity index (χ0) is 25.1. The topological polar surface area (TPSA) is 113 Å². The molecule has 4 heterocycles. The summed E-state index contributed by atoms with van der Waals surface area (Å²) in [5.41, 5.74) is 4.32. The van der Waals surface area contributed by atoms with Crippen molar-refractivity contribution in [2.75, 3.05) is 10.6 Å². The van der Waals surface area contributed by atoms with Crippen LogP contribution in [0.25, 0.3) is 16.9 Å². The van der Waals surface area contributed by atoms with E-state index in [0.29, 0.717) is 11.5 Å². The molecule has 4 aromatic heterocycles. The molecule has 1 amide bonds. The highest BCUT2D eigenvalue weighted by atomic mass is 32.2. The summed E-state index contributed by atoms with van der Waals surface area (Å²) < 4.78 is 6.36. The second-order valence-corrected chi connectivity index (χ2v) is 10.00. The summed E-state index contributed by atoms with van der Waals surface area (Å²) in [7, 11) is 0. The summed E-state index contributed by atoms with van der Waals surface area (Å²) in [5.74, 6) is 0.933. The van der Waals surface area contributed by atoms with Crippen LogP contribution in [-0.4, -0.2) is 34.8 Å². The number of aromatic amines is 1. The molecule has 11 heteroatoms. The molecule has 0 aliphatic heterocycles. The lowest BCUT2D eigenvalue weighted by atomic mass is 10.3. The number of rotatable bonds is 7. The van der Waals surface area contributed by atoms with Crippen molar-refractivity contribution in [1.82, 2.24) is 28.9 Å². The van der Waals surface area contributed by atoms with Gasteiger partial charge in [0.15, 0.2) is 11.5 Å². The number of amides is 1. The van der Waals surface area contributed by atoms with Gasteiger partial charge in [-0.05, 0) is 61.6 Å². The molecule has 0 spiro atoms. The number of hydrogen-bond acceptors (Lipinski definition) is 8. The molecule has 184 valence electrons. The largest absolute Gasteiger partial charge is 0.328 e. The van der Waals surface area contributed by atoms with E-state index in [4.69, 9.17) is 4.98 Å². The molecule has 5 aromatic rings. The molecule has 36 heavy (non-hydrogen) atoms. The summed E-state index contributed by atoms with van der Waals surface area (Å²) in [6.45, 7) is 5.96. The van der Waals surface area contributed by atoms with Crippen molar-refractivity contribution < 1.29 is 4.79 Å². The smallest absolute Gasteiger partial charge is 0.227 e. The van der Waals surface area contributed by atoms with Gasteiger partial charge in [-0.15, -0.1) is 0 Å². The van der Waals surface area contributed by atoms with E-state index in [9.17, 15) is 4.79 Å². The number of anilines is 3. The summed E-state index contributed by atoms with van der Waals surface area (Å²) >= 11 is 2.93. The molecule has 9 nitrogen and oxygen atoms in total. The van der Waals surface area contributed by atoms with Gasteiger partial charge in [0, 0.05) is 34.5 Å². The number of hydrogen-bond donors (Lipinski definition) is 3. The molecular formula is C25H26N8OS2. The van der Waals surface area contributed by atoms with Crippen LogP contribution in [0, 0.1) is 12.8 Å². The zero-order valence-corrected chi connectivity index (χ0v) is 21.8. The number of H-pyrrole nitrogens is 1. The predicted octanol–water partition coefficient (Wildman–Crippen LogP) is 6.15. The van der Waals surface area contributed by atoms with Crippen molar-refractivity contribution >= 4 is 51.4 Å². The molecule has 1 aliphatic carbocycles. The number of carbonyl (C=O) groups excluding carboxylic acids is 1. The minimum atomic E-state index is 0.105. The maximum atomic E-state index is 12.0. The minimum Gasteiger partial charge on any atom is -0.328 e. The number of nitrogens with one attached hydrogen (secondary N) is 3. The molecule has 0 bridgehead atoms. The first kappa shape index (κ1) is 24.0. The molecular weight excluding hydrogens is 492 g/mol. The van der Waals surface area contributed by atoms with E-state index in [1.807, 2.05) is 74.1 Å². The average Bonchev–Trinajstić information content (AvgIpc) is 3.23. The van der Waals surface area contributed by atoms with Crippen molar-refractivity contribution in [3.63, 3.8) is 0 Å². The van der Waals surface area contributed by atoms with Crippen LogP contribution in [0.2, 0.25) is 0 Å². The first-order chi connectivity index (χ1) is 17.6. The molecule has 0 unspecified atom stereocenters. The van der Waals surface area contributed by atoms with E-state index in [1.54, 1.807) is 6.20 Å². The maximum absolute atomic E-state index is 12.0. The second kappa shape index (κ2) is 10.5. The Morgan fingerprint density at radius 1 is 1.19 bits per heavy atom. The summed E-state index contributed by atoms with van der Waals surface area (Å²) in [5, 5.41) is 15.0. The number of nitrogens with zero attached hydrogens (tertiary/aromatic N) is 5. The highest BCUT2D eigenvalue weighted by Crippen LogP contribution is 2.34. The standard InChI is InChI=1S/C23H20N8OS2.C2H6/c1-13-8-19(34-30-13)28-21-22-24-11-18(15-9-25-26-10-15)31(22)12-20(29-21)33-17-6-4-16(5-7-17)27-23(32)14-2-3-14;1-2/h4-12,14H,2-3H2,1H3,(H,25,26)(H,27,32)(H,28,29);1-2H3. The van der Waals surface area contributed by atoms with Gasteiger partial charge < -0.3 is 10.6 Å². The van der Waals surface area contributed by atoms with Crippen LogP contribution < -0.4 is 10.6 Å². The molecule has 1 aliphatic rings. The highest BCUT2D eigenvalue weighted by molar-refractivity contribution is 7.99. The summed E-state index contributed by atoms with van der Waals surface area (Å²) in [6.07, 6.45) is 9.37. The lowest BCUT2D eigenvalue weighted by Crippen LogP contribution is -2.12. The Kier molecular flexibility index (Phi) is 7.01. The Morgan fingerprint density at radius 3 is 2.67 bits per heavy atom. The van der Waals surface area contributed by atoms with Gasteiger partial charge in [0.25, 0.3) is 0 Å². The van der Waals surface area contributed by atoms with Crippen LogP contribution in [0.3, 0.4) is 0 Å². The number of aromatic nitrogens is 6. The normalized spacial score (nSPS) is 12.8. The monoisotopic (exact) mass is 518 g/mol.